The quantitative estimate of drug-likeness (QED) is 0.836. The van der Waals surface area contributed by atoms with Crippen LogP contribution in [0.15, 0.2) is 0 Å². The molecule has 3 aliphatic rings. The Morgan fingerprint density at radius 1 is 0.885 bits per heavy atom. The second-order valence-corrected chi connectivity index (χ2v) is 9.21. The minimum atomic E-state index is 0.124. The first-order valence-electron chi connectivity index (χ1n) is 10.8. The highest BCUT2D eigenvalue weighted by Gasteiger charge is 2.35. The van der Waals surface area contributed by atoms with Gasteiger partial charge in [0.25, 0.3) is 0 Å². The fourth-order valence-corrected chi connectivity index (χ4v) is 4.95. The molecule has 1 saturated carbocycles. The van der Waals surface area contributed by atoms with E-state index in [4.69, 9.17) is 0 Å². The maximum absolute atomic E-state index is 12.8. The second-order valence-electron chi connectivity index (χ2n) is 9.21. The molecule has 5 nitrogen and oxygen atoms in total. The SMILES string of the molecule is CC1(C)CCCC1NCC(=O)N1CCC(C(=O)N2CCCCCC2)CC1. The Hall–Kier alpha value is -1.10. The minimum Gasteiger partial charge on any atom is -0.342 e. The van der Waals surface area contributed by atoms with Crippen molar-refractivity contribution in [1.82, 2.24) is 15.1 Å². The van der Waals surface area contributed by atoms with Crippen molar-refractivity contribution in [1.29, 1.82) is 0 Å². The van der Waals surface area contributed by atoms with Gasteiger partial charge in [-0.2, -0.15) is 0 Å². The second kappa shape index (κ2) is 8.73. The predicted octanol–water partition coefficient (Wildman–Crippen LogP) is 2.80. The van der Waals surface area contributed by atoms with Gasteiger partial charge in [0.15, 0.2) is 0 Å². The van der Waals surface area contributed by atoms with Gasteiger partial charge < -0.3 is 15.1 Å². The molecule has 0 spiro atoms. The Kier molecular flexibility index (Phi) is 6.60. The molecule has 0 aromatic heterocycles. The number of piperidine rings is 1. The van der Waals surface area contributed by atoms with Crippen LogP contribution in [0.4, 0.5) is 0 Å². The fourth-order valence-electron chi connectivity index (χ4n) is 4.95. The van der Waals surface area contributed by atoms with E-state index in [2.05, 4.69) is 24.1 Å². The Labute approximate surface area is 158 Å². The number of hydrogen-bond acceptors (Lipinski definition) is 3. The molecular weight excluding hydrogens is 326 g/mol. The Bertz CT molecular complexity index is 489. The number of amides is 2. The third-order valence-corrected chi connectivity index (χ3v) is 6.87. The number of carbonyl (C=O) groups excluding carboxylic acids is 2. The van der Waals surface area contributed by atoms with E-state index in [1.165, 1.54) is 32.1 Å². The lowest BCUT2D eigenvalue weighted by Crippen LogP contribution is -2.49. The van der Waals surface area contributed by atoms with Crippen LogP contribution >= 0.6 is 0 Å². The summed E-state index contributed by atoms with van der Waals surface area (Å²) in [6, 6.07) is 0.452. The first-order chi connectivity index (χ1) is 12.5. The van der Waals surface area contributed by atoms with Gasteiger partial charge in [0, 0.05) is 38.1 Å². The normalized spacial score (nSPS) is 27.4. The zero-order valence-corrected chi connectivity index (χ0v) is 16.8. The van der Waals surface area contributed by atoms with Crippen molar-refractivity contribution in [2.45, 2.75) is 77.7 Å². The van der Waals surface area contributed by atoms with E-state index in [0.29, 0.717) is 23.9 Å². The monoisotopic (exact) mass is 363 g/mol. The van der Waals surface area contributed by atoms with Gasteiger partial charge >= 0.3 is 0 Å². The predicted molar refractivity (Wildman–Crippen MR) is 104 cm³/mol. The van der Waals surface area contributed by atoms with Crippen LogP contribution in [0.5, 0.6) is 0 Å². The lowest BCUT2D eigenvalue weighted by atomic mass is 9.87. The lowest BCUT2D eigenvalue weighted by molar-refractivity contribution is -0.140. The number of rotatable bonds is 4. The summed E-state index contributed by atoms with van der Waals surface area (Å²) in [6.07, 6.45) is 10.1. The van der Waals surface area contributed by atoms with Gasteiger partial charge in [-0.1, -0.05) is 33.1 Å². The van der Waals surface area contributed by atoms with E-state index >= 15 is 0 Å². The molecule has 2 amide bonds. The Balaban J connectivity index is 1.41. The molecule has 1 N–H and O–H groups in total. The molecule has 3 fully saturated rings. The third kappa shape index (κ3) is 4.79. The molecule has 0 radical (unpaired) electrons. The largest absolute Gasteiger partial charge is 0.342 e. The molecule has 0 bridgehead atoms. The van der Waals surface area contributed by atoms with Gasteiger partial charge in [0.05, 0.1) is 6.54 Å². The van der Waals surface area contributed by atoms with Crippen LogP contribution in [-0.4, -0.2) is 60.4 Å². The summed E-state index contributed by atoms with van der Waals surface area (Å²) in [7, 11) is 0. The van der Waals surface area contributed by atoms with Crippen molar-refractivity contribution in [2.75, 3.05) is 32.7 Å². The van der Waals surface area contributed by atoms with E-state index in [1.807, 2.05) is 4.90 Å². The van der Waals surface area contributed by atoms with Crippen molar-refractivity contribution in [3.8, 4) is 0 Å². The molecule has 2 aliphatic heterocycles. The molecule has 1 unspecified atom stereocenters. The summed E-state index contributed by atoms with van der Waals surface area (Å²) < 4.78 is 0. The standard InChI is InChI=1S/C21H37N3O2/c1-21(2)11-7-8-18(21)22-16-19(25)23-14-9-17(10-15-23)20(26)24-12-5-3-4-6-13-24/h17-18,22H,3-16H2,1-2H3. The van der Waals surface area contributed by atoms with Crippen LogP contribution in [0, 0.1) is 11.3 Å². The van der Waals surface area contributed by atoms with Gasteiger partial charge in [-0.25, -0.2) is 0 Å². The molecule has 2 heterocycles. The zero-order chi connectivity index (χ0) is 18.6. The number of carbonyl (C=O) groups is 2. The van der Waals surface area contributed by atoms with Crippen LogP contribution in [0.1, 0.15) is 71.6 Å². The summed E-state index contributed by atoms with van der Waals surface area (Å²) in [5, 5.41) is 3.50. The highest BCUT2D eigenvalue weighted by atomic mass is 16.2. The van der Waals surface area contributed by atoms with Crippen LogP contribution < -0.4 is 5.32 Å². The third-order valence-electron chi connectivity index (χ3n) is 6.87. The maximum Gasteiger partial charge on any atom is 0.236 e. The average molecular weight is 364 g/mol. The first kappa shape index (κ1) is 19.7. The zero-order valence-electron chi connectivity index (χ0n) is 16.8. The summed E-state index contributed by atoms with van der Waals surface area (Å²) in [5.74, 6) is 0.664. The number of likely N-dealkylation sites (tertiary alicyclic amines) is 2. The topological polar surface area (TPSA) is 52.7 Å². The van der Waals surface area contributed by atoms with Crippen LogP contribution in [0.25, 0.3) is 0 Å². The Morgan fingerprint density at radius 3 is 2.12 bits per heavy atom. The molecule has 5 heteroatoms. The number of hydrogen-bond donors (Lipinski definition) is 1. The van der Waals surface area contributed by atoms with Gasteiger partial charge in [0.2, 0.25) is 11.8 Å². The molecule has 148 valence electrons. The molecular formula is C21H37N3O2. The van der Waals surface area contributed by atoms with Crippen molar-refractivity contribution >= 4 is 11.8 Å². The fraction of sp³-hybridized carbons (Fsp3) is 0.905. The van der Waals surface area contributed by atoms with Gasteiger partial charge in [0.1, 0.15) is 0 Å². The molecule has 0 aromatic carbocycles. The van der Waals surface area contributed by atoms with Crippen molar-refractivity contribution in [2.24, 2.45) is 11.3 Å². The Morgan fingerprint density at radius 2 is 1.54 bits per heavy atom. The summed E-state index contributed by atoms with van der Waals surface area (Å²) in [4.78, 5) is 29.4. The molecule has 1 aliphatic carbocycles. The van der Waals surface area contributed by atoms with Crippen molar-refractivity contribution in [3.63, 3.8) is 0 Å². The van der Waals surface area contributed by atoms with E-state index in [-0.39, 0.29) is 11.8 Å². The van der Waals surface area contributed by atoms with E-state index in [0.717, 1.165) is 51.9 Å². The summed E-state index contributed by atoms with van der Waals surface area (Å²) in [5.41, 5.74) is 0.298. The molecule has 26 heavy (non-hydrogen) atoms. The minimum absolute atomic E-state index is 0.124. The smallest absolute Gasteiger partial charge is 0.236 e. The van der Waals surface area contributed by atoms with Crippen LogP contribution in [0.3, 0.4) is 0 Å². The highest BCUT2D eigenvalue weighted by molar-refractivity contribution is 5.81. The first-order valence-corrected chi connectivity index (χ1v) is 10.8. The summed E-state index contributed by atoms with van der Waals surface area (Å²) >= 11 is 0. The van der Waals surface area contributed by atoms with Gasteiger partial charge in [-0.15, -0.1) is 0 Å². The van der Waals surface area contributed by atoms with Crippen LogP contribution in [-0.2, 0) is 9.59 Å². The average Bonchev–Trinajstić information content (AvgIpc) is 2.83. The van der Waals surface area contributed by atoms with E-state index in [9.17, 15) is 9.59 Å². The van der Waals surface area contributed by atoms with E-state index in [1.54, 1.807) is 0 Å². The molecule has 1 atom stereocenters. The maximum atomic E-state index is 12.8. The number of nitrogens with zero attached hydrogens (tertiary/aromatic N) is 2. The summed E-state index contributed by atoms with van der Waals surface area (Å²) in [6.45, 7) is 8.36. The van der Waals surface area contributed by atoms with Crippen molar-refractivity contribution in [3.05, 3.63) is 0 Å². The molecule has 2 saturated heterocycles. The van der Waals surface area contributed by atoms with Gasteiger partial charge in [-0.3, -0.25) is 9.59 Å². The lowest BCUT2D eigenvalue weighted by Gasteiger charge is -2.35. The van der Waals surface area contributed by atoms with Gasteiger partial charge in [-0.05, 0) is 43.9 Å². The van der Waals surface area contributed by atoms with Crippen molar-refractivity contribution < 1.29 is 9.59 Å². The highest BCUT2D eigenvalue weighted by Crippen LogP contribution is 2.37. The molecule has 3 rings (SSSR count). The molecule has 0 aromatic rings. The van der Waals surface area contributed by atoms with Crippen LogP contribution in [0.2, 0.25) is 0 Å². The number of nitrogens with one attached hydrogen (secondary N) is 1. The van der Waals surface area contributed by atoms with E-state index < -0.39 is 0 Å².